The van der Waals surface area contributed by atoms with Gasteiger partial charge in [0.15, 0.2) is 0 Å². The quantitative estimate of drug-likeness (QED) is 0.339. The molecule has 9 rings (SSSR count). The zero-order valence-electron chi connectivity index (χ0n) is 22.0. The first-order valence-corrected chi connectivity index (χ1v) is 14.0. The summed E-state index contributed by atoms with van der Waals surface area (Å²) in [6.45, 7) is 3.86. The Balaban J connectivity index is 1.45. The van der Waals surface area contributed by atoms with Gasteiger partial charge < -0.3 is 10.0 Å². The molecule has 4 aromatic rings. The number of halogens is 1. The van der Waals surface area contributed by atoms with Crippen LogP contribution in [0.25, 0.3) is 11.0 Å². The van der Waals surface area contributed by atoms with Gasteiger partial charge in [0.05, 0.1) is 22.5 Å². The van der Waals surface area contributed by atoms with E-state index in [1.165, 1.54) is 5.56 Å². The molecule has 5 aliphatic rings. The van der Waals surface area contributed by atoms with Crippen LogP contribution in [0.1, 0.15) is 75.3 Å². The van der Waals surface area contributed by atoms with Crippen LogP contribution in [0, 0.1) is 6.92 Å². The third-order valence-electron chi connectivity index (χ3n) is 8.27. The van der Waals surface area contributed by atoms with Crippen molar-refractivity contribution >= 4 is 34.5 Å². The summed E-state index contributed by atoms with van der Waals surface area (Å²) in [5.41, 5.74) is 8.51. The monoisotopic (exact) mass is 542 g/mol. The lowest BCUT2D eigenvalue weighted by Gasteiger charge is -2.30. The minimum absolute atomic E-state index is 0.0378. The van der Waals surface area contributed by atoms with Gasteiger partial charge in [0.25, 0.3) is 5.91 Å². The van der Waals surface area contributed by atoms with E-state index in [-0.39, 0.29) is 18.2 Å². The molecule has 0 radical (unpaired) electrons. The zero-order valence-corrected chi connectivity index (χ0v) is 22.7. The summed E-state index contributed by atoms with van der Waals surface area (Å²) in [5, 5.41) is 19.3. The zero-order chi connectivity index (χ0) is 27.1. The average molecular weight is 543 g/mol. The van der Waals surface area contributed by atoms with Gasteiger partial charge in [-0.2, -0.15) is 0 Å². The number of carboxylic acid groups (broad SMARTS) is 1. The number of hydrogen-bond acceptors (Lipinski definition) is 4. The Hall–Kier alpha value is -3.71. The predicted molar refractivity (Wildman–Crippen MR) is 150 cm³/mol. The number of nitrogens with zero attached hydrogens (tertiary/aromatic N) is 4. The fraction of sp³-hybridized carbons (Fsp3) is 0.355. The third kappa shape index (κ3) is 4.91. The van der Waals surface area contributed by atoms with Crippen molar-refractivity contribution in [1.82, 2.24) is 19.9 Å². The second-order valence-corrected chi connectivity index (χ2v) is 11.1. The second-order valence-electron chi connectivity index (χ2n) is 10.7. The lowest BCUT2D eigenvalue weighted by Crippen LogP contribution is -2.36. The fourth-order valence-electron chi connectivity index (χ4n) is 6.10. The molecule has 1 atom stereocenters. The number of carbonyl (C=O) groups excluding carboxylic acids is 1. The van der Waals surface area contributed by atoms with Crippen molar-refractivity contribution in [3.63, 3.8) is 0 Å². The molecule has 9 bridgehead atoms. The van der Waals surface area contributed by atoms with Crippen LogP contribution in [0.15, 0.2) is 48.5 Å². The number of carbonyl (C=O) groups is 2. The molecule has 8 heteroatoms. The van der Waals surface area contributed by atoms with E-state index in [4.69, 9.17) is 11.6 Å². The average Bonchev–Trinajstić information content (AvgIpc) is 3.34. The van der Waals surface area contributed by atoms with Crippen molar-refractivity contribution in [1.29, 1.82) is 0 Å². The number of carboxylic acids is 1. The highest BCUT2D eigenvalue weighted by atomic mass is 35.5. The van der Waals surface area contributed by atoms with E-state index in [0.717, 1.165) is 77.5 Å². The molecule has 0 fully saturated rings. The summed E-state index contributed by atoms with van der Waals surface area (Å²) in [6.07, 6.45) is 4.62. The maximum Gasteiger partial charge on any atom is 0.304 e. The van der Waals surface area contributed by atoms with Crippen molar-refractivity contribution in [2.45, 2.75) is 64.5 Å². The number of hydrogen-bond donors (Lipinski definition) is 1. The van der Waals surface area contributed by atoms with Crippen molar-refractivity contribution < 1.29 is 14.7 Å². The molecular weight excluding hydrogens is 512 g/mol. The van der Waals surface area contributed by atoms with Crippen LogP contribution in [0.5, 0.6) is 0 Å². The summed E-state index contributed by atoms with van der Waals surface area (Å²) < 4.78 is 1.95. The van der Waals surface area contributed by atoms with E-state index in [0.29, 0.717) is 23.7 Å². The number of aliphatic carboxylic acids is 1. The molecule has 0 saturated heterocycles. The highest BCUT2D eigenvalue weighted by Crippen LogP contribution is 2.35. The minimum atomic E-state index is -0.860. The van der Waals surface area contributed by atoms with Crippen LogP contribution in [-0.2, 0) is 30.7 Å². The molecular formula is C31H31ClN4O3. The number of aryl methyl sites for hydroxylation is 3. The van der Waals surface area contributed by atoms with Gasteiger partial charge in [-0.1, -0.05) is 53.6 Å². The first kappa shape index (κ1) is 25.6. The van der Waals surface area contributed by atoms with Gasteiger partial charge in [-0.05, 0) is 84.2 Å². The van der Waals surface area contributed by atoms with Gasteiger partial charge in [0, 0.05) is 25.6 Å². The Morgan fingerprint density at radius 1 is 1.03 bits per heavy atom. The van der Waals surface area contributed by atoms with E-state index in [9.17, 15) is 14.7 Å². The van der Waals surface area contributed by atoms with E-state index in [2.05, 4.69) is 22.4 Å². The van der Waals surface area contributed by atoms with Gasteiger partial charge >= 0.3 is 5.97 Å². The van der Waals surface area contributed by atoms with Crippen LogP contribution in [0.3, 0.4) is 0 Å². The molecule has 0 aliphatic carbocycles. The molecule has 1 amide bonds. The van der Waals surface area contributed by atoms with Crippen molar-refractivity contribution in [3.05, 3.63) is 92.5 Å². The summed E-state index contributed by atoms with van der Waals surface area (Å²) in [4.78, 5) is 27.3. The van der Waals surface area contributed by atoms with E-state index < -0.39 is 5.97 Å². The van der Waals surface area contributed by atoms with Crippen LogP contribution in [-0.4, -0.2) is 43.4 Å². The van der Waals surface area contributed by atoms with Crippen molar-refractivity contribution in [2.75, 3.05) is 6.54 Å². The lowest BCUT2D eigenvalue weighted by molar-refractivity contribution is -0.137. The smallest absolute Gasteiger partial charge is 0.304 e. The molecule has 0 saturated carbocycles. The standard InChI is InChI=1S/C31H31ClN4O3/c1-19-24-10-11-28-30(19)33-34-36(28)13-4-2-3-5-20-6-9-25(27(32)15-20)31(39)35-14-12-21-7-8-22(16-23(21)18-35)26(24)17-29(37)38/h6-11,15-16,26H,2-5,12-14,17-18H2,1H3,(H,37,38). The lowest BCUT2D eigenvalue weighted by atomic mass is 9.83. The molecule has 5 aliphatic heterocycles. The maximum atomic E-state index is 13.5. The van der Waals surface area contributed by atoms with Gasteiger partial charge in [-0.3, -0.25) is 9.59 Å². The van der Waals surface area contributed by atoms with Crippen LogP contribution < -0.4 is 0 Å². The minimum Gasteiger partial charge on any atom is -0.481 e. The van der Waals surface area contributed by atoms with E-state index in [1.54, 1.807) is 0 Å². The summed E-state index contributed by atoms with van der Waals surface area (Å²) in [5.74, 6) is -1.27. The van der Waals surface area contributed by atoms with E-state index in [1.807, 2.05) is 52.9 Å². The highest BCUT2D eigenvalue weighted by Gasteiger charge is 2.27. The Morgan fingerprint density at radius 2 is 1.90 bits per heavy atom. The fourth-order valence-corrected chi connectivity index (χ4v) is 6.38. The maximum absolute atomic E-state index is 13.5. The van der Waals surface area contributed by atoms with Crippen molar-refractivity contribution in [3.8, 4) is 0 Å². The number of rotatable bonds is 2. The molecule has 1 N–H and O–H groups in total. The second kappa shape index (κ2) is 10.5. The van der Waals surface area contributed by atoms with Gasteiger partial charge in [-0.15, -0.1) is 5.10 Å². The van der Waals surface area contributed by atoms with Gasteiger partial charge in [-0.25, -0.2) is 4.68 Å². The molecule has 0 spiro atoms. The van der Waals surface area contributed by atoms with Crippen molar-refractivity contribution in [2.24, 2.45) is 0 Å². The molecule has 3 aromatic carbocycles. The first-order chi connectivity index (χ1) is 18.9. The summed E-state index contributed by atoms with van der Waals surface area (Å²) in [6, 6.07) is 16.1. The van der Waals surface area contributed by atoms with E-state index >= 15 is 0 Å². The van der Waals surface area contributed by atoms with Crippen LogP contribution in [0.4, 0.5) is 0 Å². The molecule has 39 heavy (non-hydrogen) atoms. The SMILES string of the molecule is Cc1c2ccc3c1nnn3CCCCCc1ccc(c(Cl)c1)C(=O)N1CCc3ccc(cc3C1)C2CC(=O)O. The van der Waals surface area contributed by atoms with Crippen LogP contribution >= 0.6 is 11.6 Å². The number of aromatic nitrogens is 3. The third-order valence-corrected chi connectivity index (χ3v) is 8.58. The van der Waals surface area contributed by atoms with Gasteiger partial charge in [0.1, 0.15) is 5.52 Å². The molecule has 7 nitrogen and oxygen atoms in total. The molecule has 6 heterocycles. The number of amides is 1. The largest absolute Gasteiger partial charge is 0.481 e. The summed E-state index contributed by atoms with van der Waals surface area (Å²) >= 11 is 6.61. The first-order valence-electron chi connectivity index (χ1n) is 13.6. The van der Waals surface area contributed by atoms with Crippen LogP contribution in [0.2, 0.25) is 5.02 Å². The molecule has 1 unspecified atom stereocenters. The number of benzene rings is 3. The Morgan fingerprint density at radius 3 is 2.72 bits per heavy atom. The molecule has 1 aromatic heterocycles. The summed E-state index contributed by atoms with van der Waals surface area (Å²) in [7, 11) is 0. The Kier molecular flexibility index (Phi) is 6.85. The Bertz CT molecular complexity index is 1590. The molecule has 200 valence electrons. The Labute approximate surface area is 232 Å². The normalized spacial score (nSPS) is 17.7. The topological polar surface area (TPSA) is 88.3 Å². The highest BCUT2D eigenvalue weighted by molar-refractivity contribution is 6.33. The van der Waals surface area contributed by atoms with Gasteiger partial charge in [0.2, 0.25) is 0 Å². The predicted octanol–water partition coefficient (Wildman–Crippen LogP) is 5.92.